The number of nitrogens with zero attached hydrogens (tertiary/aromatic N) is 4. The van der Waals surface area contributed by atoms with E-state index in [4.69, 9.17) is 9.47 Å². The molecule has 0 saturated heterocycles. The summed E-state index contributed by atoms with van der Waals surface area (Å²) in [6.45, 7) is 2.52. The van der Waals surface area contributed by atoms with Crippen molar-refractivity contribution in [3.63, 3.8) is 0 Å². The quantitative estimate of drug-likeness (QED) is 0.345. The Morgan fingerprint density at radius 3 is 2.56 bits per heavy atom. The Kier molecular flexibility index (Phi) is 7.92. The third-order valence-corrected chi connectivity index (χ3v) is 5.81. The molecule has 9 heteroatoms. The van der Waals surface area contributed by atoms with Crippen LogP contribution < -0.4 is 15.0 Å². The van der Waals surface area contributed by atoms with Crippen molar-refractivity contribution in [1.29, 1.82) is 0 Å². The van der Waals surface area contributed by atoms with Crippen LogP contribution in [0, 0.1) is 6.92 Å². The highest BCUT2D eigenvalue weighted by Gasteiger charge is 2.33. The van der Waals surface area contributed by atoms with Gasteiger partial charge in [0.15, 0.2) is 0 Å². The van der Waals surface area contributed by atoms with Gasteiger partial charge in [0, 0.05) is 19.3 Å². The van der Waals surface area contributed by atoms with E-state index in [1.807, 2.05) is 61.5 Å². The summed E-state index contributed by atoms with van der Waals surface area (Å²) in [5, 5.41) is 11.2. The third kappa shape index (κ3) is 5.52. The van der Waals surface area contributed by atoms with Crippen LogP contribution in [0.15, 0.2) is 72.8 Å². The number of carbonyl (C=O) groups is 2. The summed E-state index contributed by atoms with van der Waals surface area (Å²) in [6, 6.07) is 21.1. The molecule has 0 saturated carbocycles. The predicted octanol–water partition coefficient (Wildman–Crippen LogP) is 3.29. The molecule has 0 bridgehead atoms. The van der Waals surface area contributed by atoms with Gasteiger partial charge < -0.3 is 14.8 Å². The van der Waals surface area contributed by atoms with Crippen LogP contribution in [0.1, 0.15) is 17.2 Å². The molecule has 9 nitrogen and oxygen atoms in total. The number of nitrogens with one attached hydrogen (secondary N) is 1. The van der Waals surface area contributed by atoms with Crippen molar-refractivity contribution in [2.24, 2.45) is 0 Å². The van der Waals surface area contributed by atoms with Gasteiger partial charge in [-0.15, -0.1) is 5.10 Å². The Hall–Kier alpha value is -4.24. The average molecular weight is 488 g/mol. The lowest BCUT2D eigenvalue weighted by Crippen LogP contribution is -2.46. The second-order valence-corrected chi connectivity index (χ2v) is 8.30. The number of methoxy groups -OCH3 is 2. The first-order valence-corrected chi connectivity index (χ1v) is 11.6. The minimum absolute atomic E-state index is 0.0970. The number of hydrogen-bond acceptors (Lipinski definition) is 6. The minimum atomic E-state index is -0.957. The normalized spacial score (nSPS) is 11.8. The monoisotopic (exact) mass is 487 g/mol. The first-order valence-electron chi connectivity index (χ1n) is 11.6. The molecule has 1 heterocycles. The number of ether oxygens (including phenoxy) is 2. The van der Waals surface area contributed by atoms with Crippen LogP contribution in [0.3, 0.4) is 0 Å². The maximum Gasteiger partial charge on any atom is 0.249 e. The number of hydrogen-bond donors (Lipinski definition) is 1. The van der Waals surface area contributed by atoms with E-state index in [9.17, 15) is 9.59 Å². The fourth-order valence-electron chi connectivity index (χ4n) is 3.98. The Labute approximate surface area is 209 Å². The molecule has 0 aliphatic carbocycles. The van der Waals surface area contributed by atoms with Gasteiger partial charge in [-0.2, -0.15) is 0 Å². The van der Waals surface area contributed by atoms with Crippen LogP contribution in [-0.4, -0.2) is 54.2 Å². The lowest BCUT2D eigenvalue weighted by molar-refractivity contribution is -0.127. The van der Waals surface area contributed by atoms with Gasteiger partial charge in [0.05, 0.1) is 19.2 Å². The van der Waals surface area contributed by atoms with E-state index >= 15 is 0 Å². The Balaban J connectivity index is 1.78. The van der Waals surface area contributed by atoms with Crippen molar-refractivity contribution in [3.05, 3.63) is 83.9 Å². The highest BCUT2D eigenvalue weighted by atomic mass is 16.5. The number of aromatic nitrogens is 3. The molecule has 4 aromatic rings. The molecule has 0 radical (unpaired) electrons. The van der Waals surface area contributed by atoms with E-state index in [0.29, 0.717) is 35.7 Å². The van der Waals surface area contributed by atoms with E-state index in [1.165, 1.54) is 4.90 Å². The molecule has 0 aliphatic rings. The summed E-state index contributed by atoms with van der Waals surface area (Å²) < 4.78 is 12.0. The third-order valence-electron chi connectivity index (χ3n) is 5.81. The number of benzene rings is 3. The molecule has 3 aromatic carbocycles. The molecule has 2 amide bonds. The van der Waals surface area contributed by atoms with Crippen LogP contribution in [-0.2, 0) is 20.9 Å². The molecule has 0 aliphatic heterocycles. The van der Waals surface area contributed by atoms with Crippen molar-refractivity contribution in [3.8, 4) is 5.75 Å². The number of aryl methyl sites for hydroxylation is 1. The SMILES string of the molecule is COCCNC(=O)[C@@H](c1cccc(OC)c1)N(C(=O)Cn1nnc2ccccc21)c1ccc(C)cc1. The van der Waals surface area contributed by atoms with E-state index in [0.717, 1.165) is 11.1 Å². The lowest BCUT2D eigenvalue weighted by Gasteiger charge is -2.32. The summed E-state index contributed by atoms with van der Waals surface area (Å²) in [4.78, 5) is 29.0. The highest BCUT2D eigenvalue weighted by Crippen LogP contribution is 2.30. The first-order chi connectivity index (χ1) is 17.5. The summed E-state index contributed by atoms with van der Waals surface area (Å²) >= 11 is 0. The summed E-state index contributed by atoms with van der Waals surface area (Å²) in [7, 11) is 3.13. The number of para-hydroxylation sites is 1. The fraction of sp³-hybridized carbons (Fsp3) is 0.259. The number of fused-ring (bicyclic) bond motifs is 1. The van der Waals surface area contributed by atoms with Crippen LogP contribution >= 0.6 is 0 Å². The van der Waals surface area contributed by atoms with Crippen LogP contribution in [0.25, 0.3) is 11.0 Å². The lowest BCUT2D eigenvalue weighted by atomic mass is 10.0. The van der Waals surface area contributed by atoms with E-state index in [-0.39, 0.29) is 18.4 Å². The maximum absolute atomic E-state index is 13.9. The van der Waals surface area contributed by atoms with Crippen LogP contribution in [0.4, 0.5) is 5.69 Å². The van der Waals surface area contributed by atoms with Gasteiger partial charge in [-0.3, -0.25) is 14.5 Å². The molecule has 36 heavy (non-hydrogen) atoms. The Bertz CT molecular complexity index is 1340. The van der Waals surface area contributed by atoms with Gasteiger partial charge in [0.25, 0.3) is 0 Å². The molecular weight excluding hydrogens is 458 g/mol. The van der Waals surface area contributed by atoms with Crippen molar-refractivity contribution in [2.75, 3.05) is 32.3 Å². The first kappa shape index (κ1) is 24.9. The van der Waals surface area contributed by atoms with E-state index in [1.54, 1.807) is 37.1 Å². The smallest absolute Gasteiger partial charge is 0.249 e. The van der Waals surface area contributed by atoms with Crippen molar-refractivity contribution >= 4 is 28.5 Å². The molecule has 0 spiro atoms. The zero-order valence-corrected chi connectivity index (χ0v) is 20.5. The highest BCUT2D eigenvalue weighted by molar-refractivity contribution is 6.01. The van der Waals surface area contributed by atoms with Crippen molar-refractivity contribution < 1.29 is 19.1 Å². The maximum atomic E-state index is 13.9. The molecule has 0 fully saturated rings. The second kappa shape index (κ2) is 11.5. The van der Waals surface area contributed by atoms with E-state index < -0.39 is 6.04 Å². The van der Waals surface area contributed by atoms with Gasteiger partial charge >= 0.3 is 0 Å². The fourth-order valence-corrected chi connectivity index (χ4v) is 3.98. The molecule has 1 aromatic heterocycles. The Morgan fingerprint density at radius 2 is 1.81 bits per heavy atom. The zero-order chi connectivity index (χ0) is 25.5. The van der Waals surface area contributed by atoms with Gasteiger partial charge in [-0.1, -0.05) is 47.2 Å². The molecular formula is C27H29N5O4. The van der Waals surface area contributed by atoms with Crippen molar-refractivity contribution in [1.82, 2.24) is 20.3 Å². The van der Waals surface area contributed by atoms with Gasteiger partial charge in [-0.25, -0.2) is 4.68 Å². The van der Waals surface area contributed by atoms with Gasteiger partial charge in [0.1, 0.15) is 23.9 Å². The Morgan fingerprint density at radius 1 is 1.03 bits per heavy atom. The van der Waals surface area contributed by atoms with Gasteiger partial charge in [-0.05, 0) is 48.9 Å². The average Bonchev–Trinajstić information content (AvgIpc) is 3.30. The van der Waals surface area contributed by atoms with Crippen LogP contribution in [0.2, 0.25) is 0 Å². The summed E-state index contributed by atoms with van der Waals surface area (Å²) in [6.07, 6.45) is 0. The second-order valence-electron chi connectivity index (χ2n) is 8.30. The van der Waals surface area contributed by atoms with Crippen LogP contribution in [0.5, 0.6) is 5.75 Å². The molecule has 186 valence electrons. The molecule has 1 atom stereocenters. The number of rotatable bonds is 10. The molecule has 4 rings (SSSR count). The molecule has 0 unspecified atom stereocenters. The minimum Gasteiger partial charge on any atom is -0.497 e. The summed E-state index contributed by atoms with van der Waals surface area (Å²) in [5.74, 6) is -0.0670. The zero-order valence-electron chi connectivity index (χ0n) is 20.5. The largest absolute Gasteiger partial charge is 0.497 e. The number of anilines is 1. The van der Waals surface area contributed by atoms with Crippen molar-refractivity contribution in [2.45, 2.75) is 19.5 Å². The molecule has 1 N–H and O–H groups in total. The summed E-state index contributed by atoms with van der Waals surface area (Å²) in [5.41, 5.74) is 3.66. The number of carbonyl (C=O) groups excluding carboxylic acids is 2. The predicted molar refractivity (Wildman–Crippen MR) is 137 cm³/mol. The topological polar surface area (TPSA) is 98.6 Å². The van der Waals surface area contributed by atoms with Gasteiger partial charge in [0.2, 0.25) is 11.8 Å². The standard InChI is InChI=1S/C27H29N5O4/c1-19-11-13-21(14-12-19)32(25(33)18-31-24-10-5-4-9-23(24)29-30-31)26(27(34)28-15-16-35-2)20-7-6-8-22(17-20)36-3/h4-14,17,26H,15-16,18H2,1-3H3,(H,28,34)/t26-/m1/s1. The van der Waals surface area contributed by atoms with E-state index in [2.05, 4.69) is 15.6 Å². The number of amides is 2.